The smallest absolute Gasteiger partial charge is 0.309 e. The second kappa shape index (κ2) is 4.81. The Bertz CT molecular complexity index is 202. The third-order valence-electron chi connectivity index (χ3n) is 1.71. The molecular formula is C8H14N2O3. The molecule has 13 heavy (non-hydrogen) atoms. The van der Waals surface area contributed by atoms with Gasteiger partial charge in [0.25, 0.3) is 0 Å². The van der Waals surface area contributed by atoms with Crippen LogP contribution in [0, 0.1) is 0 Å². The van der Waals surface area contributed by atoms with Crippen LogP contribution < -0.4 is 10.6 Å². The molecule has 1 aliphatic carbocycles. The minimum Gasteiger partial charge on any atom is -0.383 e. The van der Waals surface area contributed by atoms with Crippen LogP contribution in [0.15, 0.2) is 0 Å². The largest absolute Gasteiger partial charge is 0.383 e. The standard InChI is InChI=1S/C8H14N2O3/c1-13-5-4-9-7(11)8(12)10-6-2-3-6/h6H,2-5H2,1H3,(H,9,11)(H,10,12). The predicted molar refractivity (Wildman–Crippen MR) is 46.1 cm³/mol. The number of carbonyl (C=O) groups is 2. The molecule has 0 radical (unpaired) electrons. The zero-order valence-electron chi connectivity index (χ0n) is 7.63. The van der Waals surface area contributed by atoms with Gasteiger partial charge >= 0.3 is 11.8 Å². The van der Waals surface area contributed by atoms with Gasteiger partial charge in [-0.1, -0.05) is 0 Å². The van der Waals surface area contributed by atoms with Crippen LogP contribution in [0.25, 0.3) is 0 Å². The minimum atomic E-state index is -0.580. The molecule has 74 valence electrons. The maximum atomic E-state index is 11.0. The Labute approximate surface area is 76.8 Å². The van der Waals surface area contributed by atoms with Gasteiger partial charge in [-0.15, -0.1) is 0 Å². The van der Waals surface area contributed by atoms with Crippen molar-refractivity contribution in [3.63, 3.8) is 0 Å². The first-order chi connectivity index (χ1) is 6.24. The number of amides is 2. The van der Waals surface area contributed by atoms with Crippen LogP contribution >= 0.6 is 0 Å². The number of hydrogen-bond acceptors (Lipinski definition) is 3. The number of ether oxygens (including phenoxy) is 1. The van der Waals surface area contributed by atoms with Crippen LogP contribution in [-0.2, 0) is 14.3 Å². The van der Waals surface area contributed by atoms with E-state index in [0.29, 0.717) is 13.2 Å². The van der Waals surface area contributed by atoms with E-state index in [1.165, 1.54) is 7.11 Å². The van der Waals surface area contributed by atoms with Crippen LogP contribution in [0.5, 0.6) is 0 Å². The van der Waals surface area contributed by atoms with Crippen LogP contribution in [0.2, 0.25) is 0 Å². The van der Waals surface area contributed by atoms with Crippen molar-refractivity contribution in [2.24, 2.45) is 0 Å². The SMILES string of the molecule is COCCNC(=O)C(=O)NC1CC1. The Kier molecular flexibility index (Phi) is 3.70. The zero-order valence-corrected chi connectivity index (χ0v) is 7.63. The highest BCUT2D eigenvalue weighted by molar-refractivity contribution is 6.35. The Morgan fingerprint density at radius 3 is 2.62 bits per heavy atom. The summed E-state index contributed by atoms with van der Waals surface area (Å²) in [5.74, 6) is -1.12. The number of rotatable bonds is 4. The van der Waals surface area contributed by atoms with Gasteiger partial charge in [-0.05, 0) is 12.8 Å². The van der Waals surface area contributed by atoms with Crippen LogP contribution in [0.1, 0.15) is 12.8 Å². The zero-order chi connectivity index (χ0) is 9.68. The Morgan fingerprint density at radius 1 is 1.38 bits per heavy atom. The first kappa shape index (κ1) is 9.98. The molecule has 1 saturated carbocycles. The molecule has 0 aliphatic heterocycles. The second-order valence-electron chi connectivity index (χ2n) is 3.00. The summed E-state index contributed by atoms with van der Waals surface area (Å²) < 4.78 is 4.72. The van der Waals surface area contributed by atoms with Crippen molar-refractivity contribution >= 4 is 11.8 Å². The van der Waals surface area contributed by atoms with Crippen molar-refractivity contribution in [3.8, 4) is 0 Å². The van der Waals surface area contributed by atoms with Crippen molar-refractivity contribution < 1.29 is 14.3 Å². The molecule has 0 aromatic rings. The molecule has 0 unspecified atom stereocenters. The van der Waals surface area contributed by atoms with Gasteiger partial charge in [0.1, 0.15) is 0 Å². The van der Waals surface area contributed by atoms with Gasteiger partial charge in [0.15, 0.2) is 0 Å². The van der Waals surface area contributed by atoms with Gasteiger partial charge in [-0.3, -0.25) is 9.59 Å². The van der Waals surface area contributed by atoms with E-state index in [4.69, 9.17) is 4.74 Å². The lowest BCUT2D eigenvalue weighted by Gasteiger charge is -2.04. The van der Waals surface area contributed by atoms with Gasteiger partial charge in [0.05, 0.1) is 6.61 Å². The topological polar surface area (TPSA) is 67.4 Å². The average Bonchev–Trinajstić information content (AvgIpc) is 2.88. The Morgan fingerprint density at radius 2 is 2.08 bits per heavy atom. The molecule has 0 atom stereocenters. The Hall–Kier alpha value is -1.10. The summed E-state index contributed by atoms with van der Waals surface area (Å²) in [5.41, 5.74) is 0. The van der Waals surface area contributed by atoms with Gasteiger partial charge in [0, 0.05) is 19.7 Å². The molecule has 0 heterocycles. The monoisotopic (exact) mass is 186 g/mol. The fraction of sp³-hybridized carbons (Fsp3) is 0.750. The second-order valence-corrected chi connectivity index (χ2v) is 3.00. The van der Waals surface area contributed by atoms with E-state index in [2.05, 4.69) is 10.6 Å². The first-order valence-electron chi connectivity index (χ1n) is 4.31. The molecular weight excluding hydrogens is 172 g/mol. The van der Waals surface area contributed by atoms with Crippen molar-refractivity contribution in [1.82, 2.24) is 10.6 Å². The summed E-state index contributed by atoms with van der Waals surface area (Å²) >= 11 is 0. The highest BCUT2D eigenvalue weighted by Crippen LogP contribution is 2.18. The summed E-state index contributed by atoms with van der Waals surface area (Å²) in [7, 11) is 1.54. The number of nitrogens with one attached hydrogen (secondary N) is 2. The molecule has 5 heteroatoms. The predicted octanol–water partition coefficient (Wildman–Crippen LogP) is -0.972. The van der Waals surface area contributed by atoms with Gasteiger partial charge < -0.3 is 15.4 Å². The molecule has 1 aliphatic rings. The normalized spacial score (nSPS) is 15.2. The third kappa shape index (κ3) is 3.89. The summed E-state index contributed by atoms with van der Waals surface area (Å²) in [4.78, 5) is 22.0. The van der Waals surface area contributed by atoms with Crippen LogP contribution in [0.3, 0.4) is 0 Å². The molecule has 0 aromatic carbocycles. The van der Waals surface area contributed by atoms with E-state index in [-0.39, 0.29) is 6.04 Å². The van der Waals surface area contributed by atoms with E-state index in [9.17, 15) is 9.59 Å². The number of hydrogen-bond donors (Lipinski definition) is 2. The van der Waals surface area contributed by atoms with Crippen molar-refractivity contribution in [1.29, 1.82) is 0 Å². The average molecular weight is 186 g/mol. The number of carbonyl (C=O) groups excluding carboxylic acids is 2. The molecule has 1 fully saturated rings. The summed E-state index contributed by atoms with van der Waals surface area (Å²) in [6.07, 6.45) is 1.97. The fourth-order valence-electron chi connectivity index (χ4n) is 0.826. The fourth-order valence-corrected chi connectivity index (χ4v) is 0.826. The summed E-state index contributed by atoms with van der Waals surface area (Å²) in [5, 5.41) is 5.03. The molecule has 0 bridgehead atoms. The Balaban J connectivity index is 2.09. The molecule has 0 aromatic heterocycles. The van der Waals surface area contributed by atoms with Gasteiger partial charge in [-0.25, -0.2) is 0 Å². The van der Waals surface area contributed by atoms with E-state index >= 15 is 0 Å². The third-order valence-corrected chi connectivity index (χ3v) is 1.71. The van der Waals surface area contributed by atoms with Crippen LogP contribution in [-0.4, -0.2) is 38.1 Å². The highest BCUT2D eigenvalue weighted by atomic mass is 16.5. The quantitative estimate of drug-likeness (QED) is 0.438. The summed E-state index contributed by atoms with van der Waals surface area (Å²) in [6, 6.07) is 0.223. The highest BCUT2D eigenvalue weighted by Gasteiger charge is 2.25. The lowest BCUT2D eigenvalue weighted by Crippen LogP contribution is -2.41. The lowest BCUT2D eigenvalue weighted by molar-refractivity contribution is -0.139. The molecule has 2 N–H and O–H groups in total. The van der Waals surface area contributed by atoms with E-state index in [0.717, 1.165) is 12.8 Å². The van der Waals surface area contributed by atoms with Gasteiger partial charge in [0.2, 0.25) is 0 Å². The maximum absolute atomic E-state index is 11.0. The van der Waals surface area contributed by atoms with Crippen molar-refractivity contribution in [2.45, 2.75) is 18.9 Å². The van der Waals surface area contributed by atoms with Crippen LogP contribution in [0.4, 0.5) is 0 Å². The van der Waals surface area contributed by atoms with E-state index < -0.39 is 11.8 Å². The maximum Gasteiger partial charge on any atom is 0.309 e. The van der Waals surface area contributed by atoms with E-state index in [1.807, 2.05) is 0 Å². The molecule has 0 saturated heterocycles. The molecule has 1 rings (SSSR count). The lowest BCUT2D eigenvalue weighted by atomic mass is 10.5. The molecule has 0 spiro atoms. The van der Waals surface area contributed by atoms with E-state index in [1.54, 1.807) is 0 Å². The number of methoxy groups -OCH3 is 1. The van der Waals surface area contributed by atoms with Gasteiger partial charge in [-0.2, -0.15) is 0 Å². The molecule has 5 nitrogen and oxygen atoms in total. The van der Waals surface area contributed by atoms with Crippen molar-refractivity contribution in [2.75, 3.05) is 20.3 Å². The molecule has 2 amide bonds. The summed E-state index contributed by atoms with van der Waals surface area (Å²) in [6.45, 7) is 0.788. The first-order valence-corrected chi connectivity index (χ1v) is 4.31. The van der Waals surface area contributed by atoms with Crippen molar-refractivity contribution in [3.05, 3.63) is 0 Å². The minimum absolute atomic E-state index is 0.223.